The molecular formula is C25H25N5O3. The van der Waals surface area contributed by atoms with Crippen LogP contribution in [0.2, 0.25) is 0 Å². The summed E-state index contributed by atoms with van der Waals surface area (Å²) in [6.45, 7) is 6.20. The van der Waals surface area contributed by atoms with E-state index in [1.807, 2.05) is 30.6 Å². The molecule has 1 aliphatic heterocycles. The maximum atomic E-state index is 10.6. The number of hydrogen-bond acceptors (Lipinski definition) is 7. The van der Waals surface area contributed by atoms with Gasteiger partial charge < -0.3 is 18.9 Å². The van der Waals surface area contributed by atoms with Gasteiger partial charge in [-0.05, 0) is 24.1 Å². The molecule has 5 rings (SSSR count). The van der Waals surface area contributed by atoms with Crippen LogP contribution in [-0.4, -0.2) is 52.3 Å². The minimum Gasteiger partial charge on any atom is -0.463 e. The van der Waals surface area contributed by atoms with Gasteiger partial charge in [-0.3, -0.25) is 4.79 Å². The van der Waals surface area contributed by atoms with E-state index < -0.39 is 0 Å². The summed E-state index contributed by atoms with van der Waals surface area (Å²) in [6.07, 6.45) is 1.82. The fourth-order valence-corrected chi connectivity index (χ4v) is 3.98. The number of carbonyl (C=O) groups is 1. The predicted octanol–water partition coefficient (Wildman–Crippen LogP) is 3.36. The normalized spacial score (nSPS) is 13.9. The van der Waals surface area contributed by atoms with Gasteiger partial charge in [-0.15, -0.1) is 0 Å². The Morgan fingerprint density at radius 1 is 1.06 bits per heavy atom. The third-order valence-electron chi connectivity index (χ3n) is 5.74. The molecule has 0 aliphatic carbocycles. The molecule has 0 atom stereocenters. The minimum absolute atomic E-state index is 0.212. The van der Waals surface area contributed by atoms with Crippen molar-refractivity contribution in [1.29, 1.82) is 0 Å². The fourth-order valence-electron chi connectivity index (χ4n) is 3.98. The molecule has 0 radical (unpaired) electrons. The Morgan fingerprint density at radius 3 is 2.67 bits per heavy atom. The number of benzene rings is 2. The molecule has 0 saturated carbocycles. The maximum absolute atomic E-state index is 10.6. The Hall–Kier alpha value is -3.78. The second-order valence-electron chi connectivity index (χ2n) is 8.11. The maximum Gasteiger partial charge on any atom is 0.293 e. The SMILES string of the molecule is Cc1ccc(Cn2cnc3c(-c4cccc(COC=O)c4)nc(N4CCOCC4)nc32)cc1. The van der Waals surface area contributed by atoms with Gasteiger partial charge in [-0.2, -0.15) is 4.98 Å². The summed E-state index contributed by atoms with van der Waals surface area (Å²) in [5, 5.41) is 0. The van der Waals surface area contributed by atoms with E-state index in [-0.39, 0.29) is 6.61 Å². The lowest BCUT2D eigenvalue weighted by Crippen LogP contribution is -2.37. The molecule has 0 unspecified atom stereocenters. The molecule has 8 nitrogen and oxygen atoms in total. The number of fused-ring (bicyclic) bond motifs is 1. The van der Waals surface area contributed by atoms with Gasteiger partial charge in [0.25, 0.3) is 6.47 Å². The summed E-state index contributed by atoms with van der Waals surface area (Å²) in [7, 11) is 0. The Balaban J connectivity index is 1.60. The van der Waals surface area contributed by atoms with Gasteiger partial charge in [-0.1, -0.05) is 48.0 Å². The van der Waals surface area contributed by atoms with Crippen LogP contribution in [-0.2, 0) is 27.4 Å². The zero-order chi connectivity index (χ0) is 22.6. The molecule has 0 bridgehead atoms. The first kappa shape index (κ1) is 21.1. The Bertz CT molecular complexity index is 1260. The van der Waals surface area contributed by atoms with Crippen molar-refractivity contribution < 1.29 is 14.3 Å². The van der Waals surface area contributed by atoms with E-state index in [9.17, 15) is 4.79 Å². The van der Waals surface area contributed by atoms with Crippen LogP contribution in [0.15, 0.2) is 54.9 Å². The van der Waals surface area contributed by atoms with Crippen LogP contribution in [0.1, 0.15) is 16.7 Å². The second kappa shape index (κ2) is 9.38. The van der Waals surface area contributed by atoms with Crippen LogP contribution in [0.5, 0.6) is 0 Å². The number of rotatable bonds is 7. The number of ether oxygens (including phenoxy) is 2. The summed E-state index contributed by atoms with van der Waals surface area (Å²) >= 11 is 0. The highest BCUT2D eigenvalue weighted by Crippen LogP contribution is 2.29. The molecule has 0 N–H and O–H groups in total. The van der Waals surface area contributed by atoms with Crippen LogP contribution in [0.4, 0.5) is 5.95 Å². The average Bonchev–Trinajstić information content (AvgIpc) is 3.27. The third-order valence-corrected chi connectivity index (χ3v) is 5.74. The van der Waals surface area contributed by atoms with E-state index in [1.165, 1.54) is 11.1 Å². The van der Waals surface area contributed by atoms with E-state index >= 15 is 0 Å². The highest BCUT2D eigenvalue weighted by Gasteiger charge is 2.20. The number of hydrogen-bond donors (Lipinski definition) is 0. The van der Waals surface area contributed by atoms with Crippen molar-refractivity contribution >= 4 is 23.6 Å². The first-order valence-electron chi connectivity index (χ1n) is 11.0. The molecule has 168 valence electrons. The summed E-state index contributed by atoms with van der Waals surface area (Å²) in [6, 6.07) is 16.3. The average molecular weight is 444 g/mol. The number of imidazole rings is 1. The largest absolute Gasteiger partial charge is 0.463 e. The lowest BCUT2D eigenvalue weighted by molar-refractivity contribution is -0.129. The van der Waals surface area contributed by atoms with Gasteiger partial charge in [0, 0.05) is 18.7 Å². The second-order valence-corrected chi connectivity index (χ2v) is 8.11. The monoisotopic (exact) mass is 443 g/mol. The summed E-state index contributed by atoms with van der Waals surface area (Å²) in [5.41, 5.74) is 6.50. The van der Waals surface area contributed by atoms with E-state index in [2.05, 4.69) is 40.7 Å². The molecule has 0 spiro atoms. The van der Waals surface area contributed by atoms with Gasteiger partial charge in [0.2, 0.25) is 5.95 Å². The Kier molecular flexibility index (Phi) is 5.99. The van der Waals surface area contributed by atoms with Gasteiger partial charge in [0.15, 0.2) is 5.65 Å². The van der Waals surface area contributed by atoms with Crippen molar-refractivity contribution in [1.82, 2.24) is 19.5 Å². The van der Waals surface area contributed by atoms with Crippen LogP contribution in [0.3, 0.4) is 0 Å². The summed E-state index contributed by atoms with van der Waals surface area (Å²) in [5.74, 6) is 0.668. The first-order valence-corrected chi connectivity index (χ1v) is 11.0. The van der Waals surface area contributed by atoms with Gasteiger partial charge >= 0.3 is 0 Å². The lowest BCUT2D eigenvalue weighted by atomic mass is 10.1. The smallest absolute Gasteiger partial charge is 0.293 e. The molecule has 8 heteroatoms. The summed E-state index contributed by atoms with van der Waals surface area (Å²) < 4.78 is 12.5. The zero-order valence-electron chi connectivity index (χ0n) is 18.5. The lowest BCUT2D eigenvalue weighted by Gasteiger charge is -2.27. The molecule has 1 saturated heterocycles. The van der Waals surface area contributed by atoms with Crippen molar-refractivity contribution in [3.8, 4) is 11.3 Å². The highest BCUT2D eigenvalue weighted by molar-refractivity contribution is 5.88. The molecule has 33 heavy (non-hydrogen) atoms. The quantitative estimate of drug-likeness (QED) is 0.405. The number of morpholine rings is 1. The van der Waals surface area contributed by atoms with Crippen LogP contribution in [0.25, 0.3) is 22.4 Å². The molecule has 2 aromatic heterocycles. The molecule has 1 aliphatic rings. The number of nitrogens with zero attached hydrogens (tertiary/aromatic N) is 5. The van der Waals surface area contributed by atoms with Gasteiger partial charge in [0.05, 0.1) is 26.1 Å². The zero-order valence-corrected chi connectivity index (χ0v) is 18.5. The minimum atomic E-state index is 0.212. The van der Waals surface area contributed by atoms with Crippen molar-refractivity contribution in [2.24, 2.45) is 0 Å². The molecular weight excluding hydrogens is 418 g/mol. The highest BCUT2D eigenvalue weighted by atomic mass is 16.5. The molecule has 3 heterocycles. The van der Waals surface area contributed by atoms with Crippen LogP contribution < -0.4 is 4.90 Å². The number of carbonyl (C=O) groups excluding carboxylic acids is 1. The van der Waals surface area contributed by atoms with Crippen molar-refractivity contribution in [2.75, 3.05) is 31.2 Å². The summed E-state index contributed by atoms with van der Waals surface area (Å²) in [4.78, 5) is 27.3. The molecule has 4 aromatic rings. The third kappa shape index (κ3) is 4.56. The van der Waals surface area contributed by atoms with E-state index in [0.29, 0.717) is 32.2 Å². The number of aromatic nitrogens is 4. The van der Waals surface area contributed by atoms with E-state index in [4.69, 9.17) is 24.4 Å². The predicted molar refractivity (Wildman–Crippen MR) is 125 cm³/mol. The van der Waals surface area contributed by atoms with Crippen molar-refractivity contribution in [3.05, 3.63) is 71.5 Å². The molecule has 1 fully saturated rings. The van der Waals surface area contributed by atoms with E-state index in [1.54, 1.807) is 0 Å². The van der Waals surface area contributed by atoms with E-state index in [0.717, 1.165) is 41.1 Å². The molecule has 2 aromatic carbocycles. The van der Waals surface area contributed by atoms with Crippen LogP contribution >= 0.6 is 0 Å². The Labute approximate surface area is 191 Å². The number of aryl methyl sites for hydroxylation is 1. The van der Waals surface area contributed by atoms with Crippen LogP contribution in [0, 0.1) is 6.92 Å². The Morgan fingerprint density at radius 2 is 1.88 bits per heavy atom. The molecule has 0 amide bonds. The van der Waals surface area contributed by atoms with Crippen molar-refractivity contribution in [2.45, 2.75) is 20.1 Å². The van der Waals surface area contributed by atoms with Crippen molar-refractivity contribution in [3.63, 3.8) is 0 Å². The topological polar surface area (TPSA) is 82.4 Å². The van der Waals surface area contributed by atoms with Gasteiger partial charge in [-0.25, -0.2) is 9.97 Å². The number of anilines is 1. The fraction of sp³-hybridized carbons (Fsp3) is 0.280. The standard InChI is InChI=1S/C25H25N5O3/c1-18-5-7-19(8-6-18)14-30-16-26-23-22(21-4-2-3-20(13-21)15-33-17-31)27-25(28-24(23)30)29-9-11-32-12-10-29/h2-8,13,16-17H,9-12,14-15H2,1H3. The van der Waals surface area contributed by atoms with Gasteiger partial charge in [0.1, 0.15) is 17.8 Å². The first-order chi connectivity index (χ1) is 16.2.